The Kier molecular flexibility index (Phi) is 8.92. The van der Waals surface area contributed by atoms with Crippen LogP contribution < -0.4 is 0 Å². The molecule has 0 aliphatic carbocycles. The molecule has 3 saturated heterocycles. The van der Waals surface area contributed by atoms with E-state index in [0.717, 1.165) is 62.5 Å². The summed E-state index contributed by atoms with van der Waals surface area (Å²) in [5.41, 5.74) is 1.57. The number of aryl methyl sites for hydroxylation is 2. The van der Waals surface area contributed by atoms with Crippen molar-refractivity contribution < 1.29 is 19.5 Å². The molecule has 1 aromatic heterocycles. The largest absolute Gasteiger partial charge is 0.444 e. The molecule has 11 heteroatoms. The van der Waals surface area contributed by atoms with Crippen molar-refractivity contribution in [2.24, 2.45) is 11.1 Å². The fourth-order valence-corrected chi connectivity index (χ4v) is 6.38. The first-order valence-electron chi connectivity index (χ1n) is 14.6. The zero-order valence-electron chi connectivity index (χ0n) is 25.3. The zero-order chi connectivity index (χ0) is 29.2. The highest BCUT2D eigenvalue weighted by molar-refractivity contribution is 5.96. The molecule has 11 nitrogen and oxygen atoms in total. The van der Waals surface area contributed by atoms with Crippen LogP contribution in [0.25, 0.3) is 0 Å². The molecule has 1 N–H and O–H groups in total. The molecule has 0 spiro atoms. The summed E-state index contributed by atoms with van der Waals surface area (Å²) in [6.45, 7) is 19.0. The van der Waals surface area contributed by atoms with Gasteiger partial charge in [-0.15, -0.1) is 0 Å². The number of amides is 2. The first kappa shape index (κ1) is 30.0. The molecule has 4 rings (SSSR count). The fourth-order valence-electron chi connectivity index (χ4n) is 6.38. The minimum Gasteiger partial charge on any atom is -0.444 e. The van der Waals surface area contributed by atoms with Gasteiger partial charge in [-0.2, -0.15) is 0 Å². The summed E-state index contributed by atoms with van der Waals surface area (Å²) in [5, 5.41) is 13.8. The lowest BCUT2D eigenvalue weighted by atomic mass is 9.86. The summed E-state index contributed by atoms with van der Waals surface area (Å²) in [7, 11) is 0. The van der Waals surface area contributed by atoms with Crippen LogP contribution in [0.4, 0.5) is 4.79 Å². The molecular weight excluding hydrogens is 510 g/mol. The molecule has 2 amide bonds. The third-order valence-electron chi connectivity index (χ3n) is 8.87. The molecule has 3 fully saturated rings. The van der Waals surface area contributed by atoms with E-state index in [4.69, 9.17) is 4.74 Å². The number of carbonyl (C=O) groups is 2. The van der Waals surface area contributed by atoms with Crippen molar-refractivity contribution in [3.8, 4) is 0 Å². The Labute approximate surface area is 238 Å². The molecule has 1 atom stereocenters. The highest BCUT2D eigenvalue weighted by atomic mass is 16.6. The van der Waals surface area contributed by atoms with E-state index in [-0.39, 0.29) is 29.5 Å². The summed E-state index contributed by atoms with van der Waals surface area (Å²) in [4.78, 5) is 42.7. The van der Waals surface area contributed by atoms with E-state index in [0.29, 0.717) is 31.7 Å². The van der Waals surface area contributed by atoms with Gasteiger partial charge in [0.05, 0.1) is 17.0 Å². The van der Waals surface area contributed by atoms with Crippen LogP contribution in [0.1, 0.15) is 82.0 Å². The van der Waals surface area contributed by atoms with Crippen molar-refractivity contribution in [3.63, 3.8) is 0 Å². The average molecular weight is 558 g/mol. The Hall–Kier alpha value is -2.95. The van der Waals surface area contributed by atoms with Crippen molar-refractivity contribution in [2.75, 3.05) is 45.8 Å². The number of aromatic nitrogens is 2. The number of rotatable bonds is 3. The van der Waals surface area contributed by atoms with Gasteiger partial charge in [0, 0.05) is 63.3 Å². The Balaban J connectivity index is 1.31. The molecule has 4 heterocycles. The van der Waals surface area contributed by atoms with Gasteiger partial charge in [0.1, 0.15) is 17.8 Å². The average Bonchev–Trinajstić information content (AvgIpc) is 2.89. The maximum Gasteiger partial charge on any atom is 0.410 e. The van der Waals surface area contributed by atoms with Crippen LogP contribution in [0.5, 0.6) is 0 Å². The lowest BCUT2D eigenvalue weighted by Crippen LogP contribution is -2.63. The lowest BCUT2D eigenvalue weighted by molar-refractivity contribution is -0.00337. The topological polar surface area (TPSA) is 115 Å². The SMILES string of the molecule is Cc1ncnc(C)c1C(=O)N1CCC(C)(N2CCN(/C(=N/O)C3CCN(C(=O)OC(C)(C)C)CC3)C(C)C2)CC1. The van der Waals surface area contributed by atoms with E-state index in [2.05, 4.69) is 38.8 Å². The van der Waals surface area contributed by atoms with Gasteiger partial charge < -0.3 is 24.6 Å². The monoisotopic (exact) mass is 557 g/mol. The fraction of sp³-hybridized carbons (Fsp3) is 0.759. The van der Waals surface area contributed by atoms with Crippen molar-refractivity contribution in [1.29, 1.82) is 0 Å². The molecule has 0 aromatic carbocycles. The van der Waals surface area contributed by atoms with E-state index in [1.807, 2.05) is 39.5 Å². The van der Waals surface area contributed by atoms with Crippen LogP contribution in [0, 0.1) is 19.8 Å². The van der Waals surface area contributed by atoms with Gasteiger partial charge >= 0.3 is 6.09 Å². The lowest BCUT2D eigenvalue weighted by Gasteiger charge is -2.52. The number of piperazine rings is 1. The number of amidine groups is 1. The summed E-state index contributed by atoms with van der Waals surface area (Å²) in [6, 6.07) is 0.187. The quantitative estimate of drug-likeness (QED) is 0.260. The predicted molar refractivity (Wildman–Crippen MR) is 153 cm³/mol. The third-order valence-corrected chi connectivity index (χ3v) is 8.87. The van der Waals surface area contributed by atoms with E-state index in [9.17, 15) is 14.8 Å². The first-order valence-corrected chi connectivity index (χ1v) is 14.6. The molecule has 40 heavy (non-hydrogen) atoms. The van der Waals surface area contributed by atoms with E-state index in [1.165, 1.54) is 6.33 Å². The standard InChI is InChI=1S/C29H47N7O4/c1-20-18-35(29(7)10-14-33(15-11-29)26(37)24-21(2)30-19-31-22(24)3)16-17-36(20)25(32-39)23-8-12-34(13-9-23)27(38)40-28(4,5)6/h19-20,23,39H,8-18H2,1-7H3/b32-25+. The van der Waals surface area contributed by atoms with Gasteiger partial charge in [0.25, 0.3) is 5.91 Å². The molecule has 3 aliphatic heterocycles. The molecule has 0 saturated carbocycles. The normalized spacial score (nSPS) is 23.3. The Morgan fingerprint density at radius 1 is 1.00 bits per heavy atom. The second-order valence-corrected chi connectivity index (χ2v) is 12.9. The number of piperidine rings is 2. The first-order chi connectivity index (χ1) is 18.8. The number of likely N-dealkylation sites (tertiary alicyclic amines) is 2. The number of hydrogen-bond donors (Lipinski definition) is 1. The van der Waals surface area contributed by atoms with Gasteiger partial charge in [-0.1, -0.05) is 5.16 Å². The number of oxime groups is 1. The van der Waals surface area contributed by atoms with Crippen LogP contribution >= 0.6 is 0 Å². The van der Waals surface area contributed by atoms with Gasteiger partial charge in [0.2, 0.25) is 0 Å². The van der Waals surface area contributed by atoms with Crippen LogP contribution in [-0.2, 0) is 4.74 Å². The van der Waals surface area contributed by atoms with E-state index >= 15 is 0 Å². The van der Waals surface area contributed by atoms with Gasteiger partial charge in [-0.3, -0.25) is 9.69 Å². The highest BCUT2D eigenvalue weighted by Crippen LogP contribution is 2.33. The highest BCUT2D eigenvalue weighted by Gasteiger charge is 2.42. The van der Waals surface area contributed by atoms with Crippen molar-refractivity contribution >= 4 is 17.8 Å². The Morgan fingerprint density at radius 2 is 1.60 bits per heavy atom. The Bertz CT molecular complexity index is 1080. The number of carbonyl (C=O) groups excluding carboxylic acids is 2. The summed E-state index contributed by atoms with van der Waals surface area (Å²) in [6.07, 6.45) is 4.54. The minimum atomic E-state index is -0.515. The Morgan fingerprint density at radius 3 is 2.12 bits per heavy atom. The van der Waals surface area contributed by atoms with Crippen LogP contribution in [0.3, 0.4) is 0 Å². The molecule has 0 radical (unpaired) electrons. The van der Waals surface area contributed by atoms with Gasteiger partial charge in [-0.25, -0.2) is 14.8 Å². The zero-order valence-corrected chi connectivity index (χ0v) is 25.3. The molecule has 0 bridgehead atoms. The van der Waals surface area contributed by atoms with Crippen LogP contribution in [0.15, 0.2) is 11.5 Å². The maximum absolute atomic E-state index is 13.3. The third kappa shape index (κ3) is 6.50. The summed E-state index contributed by atoms with van der Waals surface area (Å²) >= 11 is 0. The van der Waals surface area contributed by atoms with Crippen LogP contribution in [0.2, 0.25) is 0 Å². The van der Waals surface area contributed by atoms with Crippen molar-refractivity contribution in [2.45, 2.75) is 91.3 Å². The van der Waals surface area contributed by atoms with E-state index < -0.39 is 5.60 Å². The van der Waals surface area contributed by atoms with Crippen molar-refractivity contribution in [3.05, 3.63) is 23.3 Å². The second-order valence-electron chi connectivity index (χ2n) is 12.9. The van der Waals surface area contributed by atoms with E-state index in [1.54, 1.807) is 4.90 Å². The molecule has 3 aliphatic rings. The number of ether oxygens (including phenoxy) is 1. The summed E-state index contributed by atoms with van der Waals surface area (Å²) in [5.74, 6) is 0.867. The summed E-state index contributed by atoms with van der Waals surface area (Å²) < 4.78 is 5.53. The predicted octanol–water partition coefficient (Wildman–Crippen LogP) is 3.53. The smallest absolute Gasteiger partial charge is 0.410 e. The number of hydrogen-bond acceptors (Lipinski definition) is 8. The van der Waals surface area contributed by atoms with Crippen LogP contribution in [-0.4, -0.2) is 116 Å². The van der Waals surface area contributed by atoms with Gasteiger partial charge in [0.15, 0.2) is 0 Å². The molecule has 1 aromatic rings. The van der Waals surface area contributed by atoms with Gasteiger partial charge in [-0.05, 0) is 74.1 Å². The maximum atomic E-state index is 13.3. The molecule has 222 valence electrons. The van der Waals surface area contributed by atoms with Crippen molar-refractivity contribution in [1.82, 2.24) is 29.6 Å². The molecular formula is C29H47N7O4. The number of nitrogens with zero attached hydrogens (tertiary/aromatic N) is 7. The second kappa shape index (κ2) is 11.9. The minimum absolute atomic E-state index is 0.00365. The molecule has 1 unspecified atom stereocenters.